The number of nitrogens with zero attached hydrogens (tertiary/aromatic N) is 3. The Bertz CT molecular complexity index is 649. The van der Waals surface area contributed by atoms with Crippen molar-refractivity contribution in [2.75, 3.05) is 45.8 Å². The van der Waals surface area contributed by atoms with Gasteiger partial charge in [0.1, 0.15) is 0 Å². The van der Waals surface area contributed by atoms with Gasteiger partial charge >= 0.3 is 5.97 Å². The second kappa shape index (κ2) is 8.84. The Labute approximate surface area is 159 Å². The summed E-state index contributed by atoms with van der Waals surface area (Å²) in [6.45, 7) is 4.76. The van der Waals surface area contributed by atoms with E-state index in [1.165, 1.54) is 12.8 Å². The van der Waals surface area contributed by atoms with Crippen molar-refractivity contribution < 1.29 is 14.7 Å². The van der Waals surface area contributed by atoms with Gasteiger partial charge in [-0.05, 0) is 43.6 Å². The summed E-state index contributed by atoms with van der Waals surface area (Å²) < 4.78 is 0. The van der Waals surface area contributed by atoms with E-state index in [9.17, 15) is 9.59 Å². The van der Waals surface area contributed by atoms with Crippen LogP contribution in [0.2, 0.25) is 5.02 Å². The summed E-state index contributed by atoms with van der Waals surface area (Å²) in [7, 11) is 0. The zero-order valence-electron chi connectivity index (χ0n) is 14.9. The van der Waals surface area contributed by atoms with Crippen molar-refractivity contribution in [1.29, 1.82) is 0 Å². The van der Waals surface area contributed by atoms with Crippen LogP contribution in [0.5, 0.6) is 0 Å². The number of benzene rings is 1. The van der Waals surface area contributed by atoms with Gasteiger partial charge in [0.05, 0.1) is 19.0 Å². The minimum Gasteiger partial charge on any atom is -0.480 e. The van der Waals surface area contributed by atoms with Gasteiger partial charge in [0.25, 0.3) is 0 Å². The lowest BCUT2D eigenvalue weighted by Gasteiger charge is -2.42. The largest absolute Gasteiger partial charge is 0.480 e. The van der Waals surface area contributed by atoms with E-state index in [1.54, 1.807) is 6.07 Å². The number of amides is 1. The van der Waals surface area contributed by atoms with E-state index in [2.05, 4.69) is 4.90 Å². The van der Waals surface area contributed by atoms with Crippen LogP contribution in [0.25, 0.3) is 0 Å². The molecule has 2 heterocycles. The molecule has 26 heavy (non-hydrogen) atoms. The minimum absolute atomic E-state index is 0.0345. The number of aliphatic carboxylic acids is 1. The van der Waals surface area contributed by atoms with Crippen molar-refractivity contribution in [3.05, 3.63) is 34.9 Å². The van der Waals surface area contributed by atoms with Crippen molar-refractivity contribution in [3.63, 3.8) is 0 Å². The molecule has 0 bridgehead atoms. The number of carboxylic acid groups (broad SMARTS) is 1. The standard InChI is InChI=1S/C19H26ClN3O3/c20-16-5-3-4-15(10-16)11-18(24)23-9-8-22(14-19(25)26)13-17(23)12-21-6-1-2-7-21/h3-5,10,17H,1-2,6-9,11-14H2,(H,25,26). The number of rotatable bonds is 6. The number of piperazine rings is 1. The molecule has 1 unspecified atom stereocenters. The first-order valence-corrected chi connectivity index (χ1v) is 9.59. The second-order valence-electron chi connectivity index (χ2n) is 7.18. The molecule has 2 aliphatic heterocycles. The van der Waals surface area contributed by atoms with Gasteiger partial charge in [-0.25, -0.2) is 0 Å². The van der Waals surface area contributed by atoms with Crippen LogP contribution in [0, 0.1) is 0 Å². The molecule has 3 rings (SSSR count). The van der Waals surface area contributed by atoms with E-state index < -0.39 is 5.97 Å². The Hall–Kier alpha value is -1.63. The molecule has 0 spiro atoms. The summed E-state index contributed by atoms with van der Waals surface area (Å²) in [4.78, 5) is 30.2. The quantitative estimate of drug-likeness (QED) is 0.813. The Morgan fingerprint density at radius 1 is 1.12 bits per heavy atom. The molecule has 1 aromatic rings. The van der Waals surface area contributed by atoms with Crippen LogP contribution in [0.1, 0.15) is 18.4 Å². The Kier molecular flexibility index (Phi) is 6.51. The van der Waals surface area contributed by atoms with Crippen molar-refractivity contribution in [3.8, 4) is 0 Å². The third-order valence-corrected chi connectivity index (χ3v) is 5.39. The van der Waals surface area contributed by atoms with Crippen LogP contribution in [0.3, 0.4) is 0 Å². The molecule has 0 aromatic heterocycles. The molecule has 7 heteroatoms. The summed E-state index contributed by atoms with van der Waals surface area (Å²) in [6, 6.07) is 7.44. The summed E-state index contributed by atoms with van der Waals surface area (Å²) >= 11 is 6.03. The van der Waals surface area contributed by atoms with Crippen LogP contribution in [-0.4, -0.2) is 83.5 Å². The van der Waals surface area contributed by atoms with Gasteiger partial charge in [0.15, 0.2) is 0 Å². The smallest absolute Gasteiger partial charge is 0.317 e. The Morgan fingerprint density at radius 2 is 1.88 bits per heavy atom. The number of likely N-dealkylation sites (tertiary alicyclic amines) is 1. The van der Waals surface area contributed by atoms with Crippen molar-refractivity contribution >= 4 is 23.5 Å². The molecule has 0 aliphatic carbocycles. The van der Waals surface area contributed by atoms with Gasteiger partial charge in [-0.1, -0.05) is 23.7 Å². The fourth-order valence-corrected chi connectivity index (χ4v) is 4.14. The normalized spacial score (nSPS) is 21.9. The van der Waals surface area contributed by atoms with Gasteiger partial charge in [-0.2, -0.15) is 0 Å². The molecule has 1 N–H and O–H groups in total. The van der Waals surface area contributed by atoms with Crippen LogP contribution in [0.15, 0.2) is 24.3 Å². The fraction of sp³-hybridized carbons (Fsp3) is 0.579. The molecule has 1 aromatic carbocycles. The van der Waals surface area contributed by atoms with Gasteiger partial charge in [0.2, 0.25) is 5.91 Å². The predicted molar refractivity (Wildman–Crippen MR) is 100 cm³/mol. The summed E-state index contributed by atoms with van der Waals surface area (Å²) in [5.74, 6) is -0.727. The molecule has 2 aliphatic rings. The van der Waals surface area contributed by atoms with Gasteiger partial charge in [-0.15, -0.1) is 0 Å². The molecule has 1 atom stereocenters. The maximum atomic E-state index is 12.9. The molecule has 142 valence electrons. The van der Waals surface area contributed by atoms with E-state index in [4.69, 9.17) is 16.7 Å². The zero-order chi connectivity index (χ0) is 18.5. The summed E-state index contributed by atoms with van der Waals surface area (Å²) in [5, 5.41) is 9.72. The zero-order valence-corrected chi connectivity index (χ0v) is 15.7. The maximum absolute atomic E-state index is 12.9. The summed E-state index contributed by atoms with van der Waals surface area (Å²) in [6.07, 6.45) is 2.72. The van der Waals surface area contributed by atoms with Gasteiger partial charge in [-0.3, -0.25) is 14.5 Å². The van der Waals surface area contributed by atoms with Crippen molar-refractivity contribution in [2.45, 2.75) is 25.3 Å². The average Bonchev–Trinajstić information content (AvgIpc) is 3.07. The Morgan fingerprint density at radius 3 is 2.58 bits per heavy atom. The van der Waals surface area contributed by atoms with Gasteiger partial charge < -0.3 is 14.9 Å². The topological polar surface area (TPSA) is 64.1 Å². The molecular weight excluding hydrogens is 354 g/mol. The first-order valence-electron chi connectivity index (χ1n) is 9.21. The number of halogens is 1. The first kappa shape index (κ1) is 19.1. The van der Waals surface area contributed by atoms with E-state index in [-0.39, 0.29) is 18.5 Å². The third kappa shape index (κ3) is 5.19. The van der Waals surface area contributed by atoms with Crippen LogP contribution >= 0.6 is 11.6 Å². The predicted octanol–water partition coefficient (Wildman–Crippen LogP) is 1.58. The number of carboxylic acids is 1. The van der Waals surface area contributed by atoms with E-state index in [0.29, 0.717) is 31.1 Å². The van der Waals surface area contributed by atoms with Crippen LogP contribution in [-0.2, 0) is 16.0 Å². The average molecular weight is 380 g/mol. The van der Waals surface area contributed by atoms with Crippen molar-refractivity contribution in [1.82, 2.24) is 14.7 Å². The Balaban J connectivity index is 1.67. The van der Waals surface area contributed by atoms with Crippen LogP contribution in [0.4, 0.5) is 0 Å². The van der Waals surface area contributed by atoms with Gasteiger partial charge in [0, 0.05) is 31.2 Å². The summed E-state index contributed by atoms with van der Waals surface area (Å²) in [5.41, 5.74) is 0.912. The molecule has 2 fully saturated rings. The fourth-order valence-electron chi connectivity index (χ4n) is 3.93. The van der Waals surface area contributed by atoms with E-state index in [0.717, 1.165) is 25.2 Å². The molecule has 1 amide bonds. The monoisotopic (exact) mass is 379 g/mol. The molecule has 6 nitrogen and oxygen atoms in total. The highest BCUT2D eigenvalue weighted by Crippen LogP contribution is 2.18. The number of carbonyl (C=O) groups excluding carboxylic acids is 1. The molecule has 0 radical (unpaired) electrons. The highest BCUT2D eigenvalue weighted by atomic mass is 35.5. The highest BCUT2D eigenvalue weighted by molar-refractivity contribution is 6.30. The molecule has 0 saturated carbocycles. The lowest BCUT2D eigenvalue weighted by molar-refractivity contribution is -0.141. The van der Waals surface area contributed by atoms with E-state index >= 15 is 0 Å². The van der Waals surface area contributed by atoms with Crippen molar-refractivity contribution in [2.24, 2.45) is 0 Å². The molecular formula is C19H26ClN3O3. The lowest BCUT2D eigenvalue weighted by Crippen LogP contribution is -2.59. The highest BCUT2D eigenvalue weighted by Gasteiger charge is 2.32. The van der Waals surface area contributed by atoms with E-state index in [1.807, 2.05) is 28.0 Å². The third-order valence-electron chi connectivity index (χ3n) is 5.16. The first-order chi connectivity index (χ1) is 12.5. The second-order valence-corrected chi connectivity index (χ2v) is 7.62. The molecule has 2 saturated heterocycles. The SMILES string of the molecule is O=C(O)CN1CCN(C(=O)Cc2cccc(Cl)c2)C(CN2CCCC2)C1. The minimum atomic E-state index is -0.816. The lowest BCUT2D eigenvalue weighted by atomic mass is 10.1. The number of hydrogen-bond donors (Lipinski definition) is 1. The number of carbonyl (C=O) groups is 2. The maximum Gasteiger partial charge on any atom is 0.317 e. The van der Waals surface area contributed by atoms with Crippen LogP contribution < -0.4 is 0 Å². The number of hydrogen-bond acceptors (Lipinski definition) is 4.